The van der Waals surface area contributed by atoms with Crippen molar-refractivity contribution in [3.63, 3.8) is 0 Å². The van der Waals surface area contributed by atoms with Crippen LogP contribution in [0.5, 0.6) is 0 Å². The smallest absolute Gasteiger partial charge is 0.276 e. The molecule has 4 heterocycles. The maximum absolute atomic E-state index is 13.1. The lowest BCUT2D eigenvalue weighted by molar-refractivity contribution is 0.102. The SMILES string of the molecule is CN(C)CCNc1ccc(NC(=O)c2n[nH]c3ccc(-c4cncc(CN5CCCCC5)c4)cc23)cn1. The molecule has 1 aromatic carbocycles. The monoisotopic (exact) mass is 498 g/mol. The van der Waals surface area contributed by atoms with Gasteiger partial charge in [0.15, 0.2) is 5.69 Å². The molecule has 1 aliphatic rings. The third kappa shape index (κ3) is 6.31. The van der Waals surface area contributed by atoms with Crippen molar-refractivity contribution >= 4 is 28.3 Å². The van der Waals surface area contributed by atoms with Crippen LogP contribution in [0.25, 0.3) is 22.0 Å². The summed E-state index contributed by atoms with van der Waals surface area (Å²) < 4.78 is 0. The molecule has 0 saturated carbocycles. The van der Waals surface area contributed by atoms with Crippen LogP contribution in [0, 0.1) is 0 Å². The number of rotatable bonds is 9. The summed E-state index contributed by atoms with van der Waals surface area (Å²) in [4.78, 5) is 26.6. The molecule has 0 radical (unpaired) electrons. The third-order valence-corrected chi connectivity index (χ3v) is 6.65. The third-order valence-electron chi connectivity index (χ3n) is 6.65. The zero-order valence-electron chi connectivity index (χ0n) is 21.5. The van der Waals surface area contributed by atoms with Gasteiger partial charge in [-0.15, -0.1) is 0 Å². The second-order valence-electron chi connectivity index (χ2n) is 9.87. The van der Waals surface area contributed by atoms with E-state index in [1.807, 2.05) is 56.8 Å². The van der Waals surface area contributed by atoms with E-state index in [2.05, 4.69) is 46.7 Å². The van der Waals surface area contributed by atoms with Gasteiger partial charge < -0.3 is 15.5 Å². The number of nitrogens with zero attached hydrogens (tertiary/aromatic N) is 5. The Balaban J connectivity index is 1.29. The molecular weight excluding hydrogens is 464 g/mol. The van der Waals surface area contributed by atoms with Gasteiger partial charge in [-0.1, -0.05) is 12.5 Å². The largest absolute Gasteiger partial charge is 0.369 e. The van der Waals surface area contributed by atoms with Gasteiger partial charge >= 0.3 is 0 Å². The van der Waals surface area contributed by atoms with E-state index < -0.39 is 0 Å². The highest BCUT2D eigenvalue weighted by Crippen LogP contribution is 2.27. The first-order valence-electron chi connectivity index (χ1n) is 12.9. The number of H-pyrrole nitrogens is 1. The van der Waals surface area contributed by atoms with Gasteiger partial charge in [-0.3, -0.25) is 19.8 Å². The number of anilines is 2. The van der Waals surface area contributed by atoms with E-state index in [0.29, 0.717) is 11.4 Å². The summed E-state index contributed by atoms with van der Waals surface area (Å²) >= 11 is 0. The molecule has 0 aliphatic carbocycles. The molecule has 4 aromatic rings. The fourth-order valence-electron chi connectivity index (χ4n) is 4.64. The molecular formula is C28H34N8O. The number of pyridine rings is 2. The number of benzene rings is 1. The number of fused-ring (bicyclic) bond motifs is 1. The topological polar surface area (TPSA) is 102 Å². The van der Waals surface area contributed by atoms with Gasteiger partial charge in [0, 0.05) is 43.0 Å². The molecule has 3 N–H and O–H groups in total. The first-order valence-corrected chi connectivity index (χ1v) is 12.9. The number of amides is 1. The van der Waals surface area contributed by atoms with Crippen LogP contribution in [0.4, 0.5) is 11.5 Å². The van der Waals surface area contributed by atoms with Gasteiger partial charge in [-0.25, -0.2) is 4.98 Å². The van der Waals surface area contributed by atoms with E-state index in [9.17, 15) is 4.79 Å². The second kappa shape index (κ2) is 11.5. The maximum atomic E-state index is 13.1. The Kier molecular flexibility index (Phi) is 7.72. The number of aromatic nitrogens is 4. The molecule has 0 unspecified atom stereocenters. The molecule has 1 fully saturated rings. The summed E-state index contributed by atoms with van der Waals surface area (Å²) in [5, 5.41) is 14.2. The first-order chi connectivity index (χ1) is 18.0. The van der Waals surface area contributed by atoms with Crippen LogP contribution in [0.3, 0.4) is 0 Å². The number of aromatic amines is 1. The molecule has 1 amide bonds. The van der Waals surface area contributed by atoms with E-state index in [1.54, 1.807) is 6.20 Å². The lowest BCUT2D eigenvalue weighted by Crippen LogP contribution is -2.29. The van der Waals surface area contributed by atoms with Crippen molar-refractivity contribution in [2.24, 2.45) is 0 Å². The van der Waals surface area contributed by atoms with Gasteiger partial charge in [0.2, 0.25) is 0 Å². The Morgan fingerprint density at radius 3 is 2.68 bits per heavy atom. The molecule has 9 heteroatoms. The van der Waals surface area contributed by atoms with Crippen molar-refractivity contribution in [2.75, 3.05) is 50.9 Å². The number of likely N-dealkylation sites (tertiary alicyclic amines) is 1. The average molecular weight is 499 g/mol. The lowest BCUT2D eigenvalue weighted by Gasteiger charge is -2.26. The molecule has 1 saturated heterocycles. The zero-order chi connectivity index (χ0) is 25.6. The standard InChI is InChI=1S/C28H34N8O/c1-35(2)13-10-30-26-9-7-23(18-31-26)32-28(37)27-24-15-21(6-8-25(24)33-34-27)22-14-20(16-29-17-22)19-36-11-4-3-5-12-36/h6-9,14-18H,3-5,10-13,19H2,1-2H3,(H,30,31)(H,32,37)(H,33,34). The molecule has 9 nitrogen and oxygen atoms in total. The Bertz CT molecular complexity index is 1340. The molecule has 192 valence electrons. The van der Waals surface area contributed by atoms with E-state index in [0.717, 1.165) is 60.6 Å². The van der Waals surface area contributed by atoms with Crippen LogP contribution in [-0.2, 0) is 6.54 Å². The second-order valence-corrected chi connectivity index (χ2v) is 9.87. The molecule has 5 rings (SSSR count). The van der Waals surface area contributed by atoms with E-state index >= 15 is 0 Å². The van der Waals surface area contributed by atoms with Crippen molar-refractivity contribution in [3.8, 4) is 11.1 Å². The summed E-state index contributed by atoms with van der Waals surface area (Å²) in [5.41, 5.74) is 5.02. The molecule has 0 spiro atoms. The quantitative estimate of drug-likeness (QED) is 0.317. The number of hydrogen-bond donors (Lipinski definition) is 3. The zero-order valence-corrected chi connectivity index (χ0v) is 21.5. The van der Waals surface area contributed by atoms with Gasteiger partial charge in [-0.05, 0) is 81.5 Å². The van der Waals surface area contributed by atoms with E-state index in [4.69, 9.17) is 0 Å². The fraction of sp³-hybridized carbons (Fsp3) is 0.357. The first kappa shape index (κ1) is 24.9. The van der Waals surface area contributed by atoms with Crippen LogP contribution in [0.1, 0.15) is 35.3 Å². The van der Waals surface area contributed by atoms with Crippen LogP contribution in [0.15, 0.2) is 55.0 Å². The van der Waals surface area contributed by atoms with Crippen LogP contribution < -0.4 is 10.6 Å². The predicted octanol–water partition coefficient (Wildman–Crippen LogP) is 4.23. The Morgan fingerprint density at radius 1 is 1.03 bits per heavy atom. The number of likely N-dealkylation sites (N-methyl/N-ethyl adjacent to an activating group) is 1. The van der Waals surface area contributed by atoms with Gasteiger partial charge in [0.05, 0.1) is 17.4 Å². The molecule has 37 heavy (non-hydrogen) atoms. The fourth-order valence-corrected chi connectivity index (χ4v) is 4.64. The highest BCUT2D eigenvalue weighted by atomic mass is 16.1. The van der Waals surface area contributed by atoms with E-state index in [1.165, 1.54) is 24.8 Å². The number of nitrogens with one attached hydrogen (secondary N) is 3. The van der Waals surface area contributed by atoms with Crippen molar-refractivity contribution in [3.05, 3.63) is 66.2 Å². The highest BCUT2D eigenvalue weighted by Gasteiger charge is 2.16. The maximum Gasteiger partial charge on any atom is 0.276 e. The summed E-state index contributed by atoms with van der Waals surface area (Å²) in [6, 6.07) is 11.9. The highest BCUT2D eigenvalue weighted by molar-refractivity contribution is 6.11. The van der Waals surface area contributed by atoms with Crippen LogP contribution in [0.2, 0.25) is 0 Å². The number of carbonyl (C=O) groups is 1. The minimum Gasteiger partial charge on any atom is -0.369 e. The molecule has 0 bridgehead atoms. The van der Waals surface area contributed by atoms with Crippen molar-refractivity contribution in [1.82, 2.24) is 30.0 Å². The number of carbonyl (C=O) groups excluding carboxylic acids is 1. The molecule has 3 aromatic heterocycles. The number of hydrogen-bond acceptors (Lipinski definition) is 7. The normalized spacial score (nSPS) is 14.2. The summed E-state index contributed by atoms with van der Waals surface area (Å²) in [7, 11) is 4.06. The minimum absolute atomic E-state index is 0.282. The minimum atomic E-state index is -0.282. The Labute approximate surface area is 217 Å². The van der Waals surface area contributed by atoms with Crippen molar-refractivity contribution < 1.29 is 4.79 Å². The Morgan fingerprint density at radius 2 is 1.89 bits per heavy atom. The molecule has 0 atom stereocenters. The lowest BCUT2D eigenvalue weighted by atomic mass is 10.0. The van der Waals surface area contributed by atoms with Crippen LogP contribution in [-0.4, -0.2) is 76.1 Å². The van der Waals surface area contributed by atoms with E-state index in [-0.39, 0.29) is 5.91 Å². The summed E-state index contributed by atoms with van der Waals surface area (Å²) in [6.45, 7) is 4.92. The summed E-state index contributed by atoms with van der Waals surface area (Å²) in [5.74, 6) is 0.487. The van der Waals surface area contributed by atoms with Gasteiger partial charge in [0.1, 0.15) is 5.82 Å². The number of piperidine rings is 1. The van der Waals surface area contributed by atoms with Gasteiger partial charge in [0.25, 0.3) is 5.91 Å². The summed E-state index contributed by atoms with van der Waals surface area (Å²) in [6.07, 6.45) is 9.33. The Hall–Kier alpha value is -3.82. The average Bonchev–Trinajstić information content (AvgIpc) is 3.34. The van der Waals surface area contributed by atoms with Gasteiger partial charge in [-0.2, -0.15) is 5.10 Å². The molecule has 1 aliphatic heterocycles. The predicted molar refractivity (Wildman–Crippen MR) is 148 cm³/mol. The van der Waals surface area contributed by atoms with Crippen molar-refractivity contribution in [2.45, 2.75) is 25.8 Å². The van der Waals surface area contributed by atoms with Crippen molar-refractivity contribution in [1.29, 1.82) is 0 Å². The van der Waals surface area contributed by atoms with Crippen LogP contribution >= 0.6 is 0 Å².